The summed E-state index contributed by atoms with van der Waals surface area (Å²) in [5, 5.41) is 10.2. The second-order valence-electron chi connectivity index (χ2n) is 5.45. The number of hydrogen-bond acceptors (Lipinski definition) is 4. The van der Waals surface area contributed by atoms with Gasteiger partial charge in [-0.1, -0.05) is 27.4 Å². The fourth-order valence-corrected chi connectivity index (χ4v) is 2.65. The molecular weight excluding hydrogens is 336 g/mol. The van der Waals surface area contributed by atoms with Gasteiger partial charge in [-0.15, -0.1) is 0 Å². The summed E-state index contributed by atoms with van der Waals surface area (Å²) in [6.07, 6.45) is 4.00. The largest absolute Gasteiger partial charge is 0.460 e. The molecule has 0 amide bonds. The van der Waals surface area contributed by atoms with Crippen molar-refractivity contribution >= 4 is 27.7 Å². The van der Waals surface area contributed by atoms with Gasteiger partial charge < -0.3 is 9.84 Å². The quantitative estimate of drug-likeness (QED) is 0.411. The Kier molecular flexibility index (Phi) is 7.13. The van der Waals surface area contributed by atoms with Gasteiger partial charge in [-0.05, 0) is 45.6 Å². The Bertz CT molecular complexity index is 494. The number of carbonyl (C=O) groups excluding carboxylic acids is 2. The lowest BCUT2D eigenvalue weighted by Crippen LogP contribution is -2.40. The lowest BCUT2D eigenvalue weighted by atomic mass is 9.91. The SMILES string of the molecule is CC1=C=C=CCCC[C@](C)(O)C(=O)[C@H](Br)CCC(=O)OC1. The van der Waals surface area contributed by atoms with Gasteiger partial charge in [-0.3, -0.25) is 9.59 Å². The Hall–Kier alpha value is -1.12. The molecule has 21 heavy (non-hydrogen) atoms. The molecule has 0 bridgehead atoms. The number of ether oxygens (including phenoxy) is 1. The maximum absolute atomic E-state index is 12.2. The predicted molar refractivity (Wildman–Crippen MR) is 83.2 cm³/mol. The molecule has 0 aliphatic carbocycles. The molecule has 0 spiro atoms. The number of carbonyl (C=O) groups is 2. The van der Waals surface area contributed by atoms with Crippen LogP contribution in [0.25, 0.3) is 0 Å². The van der Waals surface area contributed by atoms with E-state index in [4.69, 9.17) is 4.74 Å². The molecule has 116 valence electrons. The normalized spacial score (nSPS) is 29.3. The fraction of sp³-hybridized carbons (Fsp3) is 0.625. The number of esters is 1. The Morgan fingerprint density at radius 1 is 1.48 bits per heavy atom. The number of hydrogen-bond donors (Lipinski definition) is 1. The number of cyclic esters (lactones) is 1. The first-order valence-electron chi connectivity index (χ1n) is 7.05. The molecule has 0 saturated heterocycles. The lowest BCUT2D eigenvalue weighted by molar-refractivity contribution is -0.143. The van der Waals surface area contributed by atoms with Crippen LogP contribution in [0.4, 0.5) is 0 Å². The minimum absolute atomic E-state index is 0.130. The smallest absolute Gasteiger partial charge is 0.306 e. The molecule has 0 radical (unpaired) electrons. The molecule has 1 N–H and O–H groups in total. The molecule has 1 rings (SSSR count). The van der Waals surface area contributed by atoms with Gasteiger partial charge in [-0.25, -0.2) is 0 Å². The lowest BCUT2D eigenvalue weighted by Gasteiger charge is -2.24. The molecule has 2 atom stereocenters. The van der Waals surface area contributed by atoms with Gasteiger partial charge in [0.1, 0.15) is 12.2 Å². The van der Waals surface area contributed by atoms with Crippen LogP contribution in [0, 0.1) is 0 Å². The first-order valence-corrected chi connectivity index (χ1v) is 7.96. The second-order valence-corrected chi connectivity index (χ2v) is 6.56. The number of aliphatic hydroxyl groups is 1. The summed E-state index contributed by atoms with van der Waals surface area (Å²) in [6, 6.07) is 0. The molecule has 0 saturated carbocycles. The zero-order valence-electron chi connectivity index (χ0n) is 12.4. The molecule has 0 aromatic rings. The highest BCUT2D eigenvalue weighted by Crippen LogP contribution is 2.22. The summed E-state index contributed by atoms with van der Waals surface area (Å²) in [7, 11) is 0. The van der Waals surface area contributed by atoms with Crippen LogP contribution >= 0.6 is 15.9 Å². The van der Waals surface area contributed by atoms with Crippen molar-refractivity contribution in [1.29, 1.82) is 0 Å². The molecule has 1 aliphatic rings. The predicted octanol–water partition coefficient (Wildman–Crippen LogP) is 2.83. The molecule has 0 fully saturated rings. The maximum atomic E-state index is 12.2. The van der Waals surface area contributed by atoms with Crippen LogP contribution in [0.3, 0.4) is 0 Å². The van der Waals surface area contributed by atoms with E-state index in [2.05, 4.69) is 27.4 Å². The van der Waals surface area contributed by atoms with E-state index in [0.717, 1.165) is 5.57 Å². The van der Waals surface area contributed by atoms with Crippen LogP contribution in [0.1, 0.15) is 46.0 Å². The van der Waals surface area contributed by atoms with E-state index in [1.165, 1.54) is 6.92 Å². The zero-order valence-corrected chi connectivity index (χ0v) is 14.0. The maximum Gasteiger partial charge on any atom is 0.306 e. The zero-order chi connectivity index (χ0) is 15.9. The summed E-state index contributed by atoms with van der Waals surface area (Å²) in [5.41, 5.74) is 5.19. The molecular formula is C16H21BrO4. The Morgan fingerprint density at radius 3 is 2.90 bits per heavy atom. The Morgan fingerprint density at radius 2 is 2.19 bits per heavy atom. The van der Waals surface area contributed by atoms with Gasteiger partial charge in [0.2, 0.25) is 0 Å². The van der Waals surface area contributed by atoms with Crippen LogP contribution in [0.2, 0.25) is 0 Å². The Labute approximate surface area is 133 Å². The van der Waals surface area contributed by atoms with E-state index in [1.807, 2.05) is 6.92 Å². The Balaban J connectivity index is 2.86. The summed E-state index contributed by atoms with van der Waals surface area (Å²) < 4.78 is 5.08. The van der Waals surface area contributed by atoms with Crippen LogP contribution in [-0.2, 0) is 14.3 Å². The summed E-state index contributed by atoms with van der Waals surface area (Å²) in [4.78, 5) is 23.2. The number of rotatable bonds is 0. The molecule has 0 aromatic heterocycles. The number of ketones is 1. The number of halogens is 1. The summed E-state index contributed by atoms with van der Waals surface area (Å²) >= 11 is 3.25. The molecule has 0 aromatic carbocycles. The van der Waals surface area contributed by atoms with E-state index in [-0.39, 0.29) is 24.8 Å². The van der Waals surface area contributed by atoms with Crippen molar-refractivity contribution in [1.82, 2.24) is 0 Å². The minimum atomic E-state index is -1.39. The number of Topliss-reactive ketones (excluding diaryl/α,β-unsaturated/α-hetero) is 1. The van der Waals surface area contributed by atoms with Crippen molar-refractivity contribution in [3.63, 3.8) is 0 Å². The van der Waals surface area contributed by atoms with Crippen molar-refractivity contribution in [3.05, 3.63) is 23.1 Å². The van der Waals surface area contributed by atoms with E-state index in [1.54, 1.807) is 6.08 Å². The van der Waals surface area contributed by atoms with Crippen molar-refractivity contribution in [2.45, 2.75) is 56.4 Å². The third-order valence-corrected chi connectivity index (χ3v) is 4.14. The van der Waals surface area contributed by atoms with Gasteiger partial charge in [0, 0.05) is 12.0 Å². The summed E-state index contributed by atoms with van der Waals surface area (Å²) in [6.45, 7) is 3.51. The van der Waals surface area contributed by atoms with Gasteiger partial charge in [0.25, 0.3) is 0 Å². The fourth-order valence-electron chi connectivity index (χ4n) is 1.93. The third kappa shape index (κ3) is 6.45. The van der Waals surface area contributed by atoms with Crippen molar-refractivity contribution < 1.29 is 19.4 Å². The molecule has 1 aliphatic heterocycles. The van der Waals surface area contributed by atoms with E-state index >= 15 is 0 Å². The van der Waals surface area contributed by atoms with Gasteiger partial charge in [0.15, 0.2) is 5.78 Å². The van der Waals surface area contributed by atoms with Crippen LogP contribution in [0.5, 0.6) is 0 Å². The van der Waals surface area contributed by atoms with Crippen molar-refractivity contribution in [2.24, 2.45) is 0 Å². The number of alkyl halides is 1. The highest BCUT2D eigenvalue weighted by molar-refractivity contribution is 9.10. The topological polar surface area (TPSA) is 63.6 Å². The van der Waals surface area contributed by atoms with Crippen LogP contribution in [0.15, 0.2) is 23.1 Å². The second kappa shape index (κ2) is 8.35. The average molecular weight is 357 g/mol. The van der Waals surface area contributed by atoms with Crippen LogP contribution < -0.4 is 0 Å². The highest BCUT2D eigenvalue weighted by atomic mass is 79.9. The highest BCUT2D eigenvalue weighted by Gasteiger charge is 2.34. The molecule has 1 heterocycles. The molecule has 5 heteroatoms. The standard InChI is InChI=1S/C16H21BrO4/c1-12-7-5-3-4-6-10-16(2,20)15(19)13(17)8-9-14(18)21-11-12/h3,13,20H,4,6,8-11H2,1-2H3/t13-,16+/m1/s1. The van der Waals surface area contributed by atoms with E-state index in [9.17, 15) is 14.7 Å². The summed E-state index contributed by atoms with van der Waals surface area (Å²) in [5.74, 6) is -0.661. The van der Waals surface area contributed by atoms with Crippen molar-refractivity contribution in [2.75, 3.05) is 6.61 Å². The van der Waals surface area contributed by atoms with Crippen LogP contribution in [-0.4, -0.2) is 33.9 Å². The van der Waals surface area contributed by atoms with Crippen molar-refractivity contribution in [3.8, 4) is 0 Å². The first kappa shape index (κ1) is 17.9. The van der Waals surface area contributed by atoms with E-state index < -0.39 is 10.4 Å². The average Bonchev–Trinajstić information content (AvgIpc) is 2.44. The third-order valence-electron chi connectivity index (χ3n) is 3.27. The monoisotopic (exact) mass is 356 g/mol. The van der Waals surface area contributed by atoms with Gasteiger partial charge >= 0.3 is 5.97 Å². The minimum Gasteiger partial charge on any atom is -0.460 e. The molecule has 4 nitrogen and oxygen atoms in total. The van der Waals surface area contributed by atoms with Gasteiger partial charge in [-0.2, -0.15) is 0 Å². The molecule has 0 unspecified atom stereocenters. The van der Waals surface area contributed by atoms with E-state index in [0.29, 0.717) is 25.7 Å². The first-order chi connectivity index (χ1) is 9.83. The van der Waals surface area contributed by atoms with Gasteiger partial charge in [0.05, 0.1) is 4.83 Å². The number of allylic oxidation sites excluding steroid dienone is 1.